The number of carboxylic acid groups (broad SMARTS) is 3. The highest BCUT2D eigenvalue weighted by atomic mass is 16.5. The van der Waals surface area contributed by atoms with Gasteiger partial charge in [-0.15, -0.1) is 0 Å². The number of aliphatic hydroxyl groups is 1. The number of ketones is 3. The molecule has 0 radical (unpaired) electrons. The second kappa shape index (κ2) is 63.7. The number of aryl methyl sites for hydroxylation is 4. The molecule has 28 heteroatoms. The van der Waals surface area contributed by atoms with Gasteiger partial charge in [0.1, 0.15) is 42.5 Å². The van der Waals surface area contributed by atoms with Crippen molar-refractivity contribution in [3.8, 4) is 22.3 Å². The highest BCUT2D eigenvalue weighted by molar-refractivity contribution is 5.97. The number of carbonyl (C=O) groups is 13. The first-order valence-electron chi connectivity index (χ1n) is 51.4. The molecule has 0 saturated carbocycles. The summed E-state index contributed by atoms with van der Waals surface area (Å²) in [7, 11) is 6.30. The number of hydrogen-bond acceptors (Lipinski definition) is 18. The average molecular weight is 1950 g/mol. The molecule has 0 aliphatic carbocycles. The fraction of sp³-hybridized carbons (Fsp3) is 0.566. The summed E-state index contributed by atoms with van der Waals surface area (Å²) in [6.07, 6.45) is 30.6. The van der Waals surface area contributed by atoms with Crippen molar-refractivity contribution in [2.45, 2.75) is 355 Å². The van der Waals surface area contributed by atoms with E-state index < -0.39 is 114 Å². The summed E-state index contributed by atoms with van der Waals surface area (Å²) >= 11 is 0. The van der Waals surface area contributed by atoms with Gasteiger partial charge in [-0.05, 0) is 158 Å². The normalized spacial score (nSPS) is 17.0. The first-order valence-corrected chi connectivity index (χ1v) is 51.4. The van der Waals surface area contributed by atoms with Crippen LogP contribution in [0.15, 0.2) is 133 Å². The van der Waals surface area contributed by atoms with Gasteiger partial charge in [0.2, 0.25) is 41.4 Å². The highest BCUT2D eigenvalue weighted by Gasteiger charge is 2.38. The predicted molar refractivity (Wildman–Crippen MR) is 551 cm³/mol. The molecule has 6 aromatic rings. The molecule has 2 unspecified atom stereocenters. The fourth-order valence-corrected chi connectivity index (χ4v) is 17.8. The third-order valence-electron chi connectivity index (χ3n) is 27.1. The number of carbonyl (C=O) groups excluding carboxylic acids is 10. The Morgan fingerprint density at radius 1 is 0.426 bits per heavy atom. The molecule has 0 aromatic heterocycles. The number of hydrogen-bond donors (Lipinski definition) is 9. The van der Waals surface area contributed by atoms with E-state index in [1.54, 1.807) is 41.9 Å². The van der Waals surface area contributed by atoms with Crippen LogP contribution in [0, 0.1) is 39.5 Å². The number of aliphatic carboxylic acids is 3. The third-order valence-corrected chi connectivity index (χ3v) is 27.1. The summed E-state index contributed by atoms with van der Waals surface area (Å²) < 4.78 is 11.7. The molecule has 141 heavy (non-hydrogen) atoms. The number of unbranched alkanes of at least 4 members (excludes halogenated alkanes) is 24. The standard InChI is InChI=1S/C57H82N4O9.C30H50N2O5.C26H31N3O5/c1-8-9-10-11-12-13-14-15-16-17-18-19-23-26-52(64)60(6)49(38-70-37-43-24-21-20-22-25-43)56(67)58-42(5)50(62)31-32-53(65)61(7)54-45-30-28-40(3)47(36-45)46-34-44(29-27-39(46)2)35-48(57(68)69)59-55(66)41(4)33-51(54)63;1-4-5-6-7-8-9-10-11-12-13-14-15-19-22-28(33)32(3)27(29(34)31-25(2)30(35)36)24-37-23-26-20-17-16-18-21-26;1-14-5-7-17-10-19(14)20-12-18(8-6-15(20)2)24(29(4)23(31)13-27)22(30)9-16(3)25(32)28-21(11-17)26(33)34/h20-22,24-25,27-30,34,36,41-42,48-49,53-54,65H,8-19,23,26,31-33,35,37-38H2,1-7H3,(H,58,67)(H,59,66)(H,68,69);16-18,20-21,25,27H,4-15,19,22-24H2,1-3H3,(H,31,34)(H,35,36);5-8,10,12,16,21,24H,9,11,13,27H2,1-4H3,(H,28,32)(H,33,34)/t41-,42-,48+,49-,53?,54+;25-,27-;16?,21-,24-/m110/s1. The quantitative estimate of drug-likeness (QED) is 0.0126. The summed E-state index contributed by atoms with van der Waals surface area (Å²) in [5.74, 6) is -9.02. The molecule has 6 aromatic carbocycles. The molecule has 8 rings (SSSR count). The van der Waals surface area contributed by atoms with Crippen molar-refractivity contribution < 1.29 is 92.2 Å². The summed E-state index contributed by atoms with van der Waals surface area (Å²) in [5.41, 5.74) is 17.5. The number of nitrogens with zero attached hydrogens (tertiary/aromatic N) is 4. The lowest BCUT2D eigenvalue weighted by Gasteiger charge is -2.33. The number of nitrogens with one attached hydrogen (secondary N) is 4. The second-order valence-electron chi connectivity index (χ2n) is 38.8. The number of likely N-dealkylation sites (N-methyl/N-ethyl adjacent to an activating group) is 4. The van der Waals surface area contributed by atoms with Crippen molar-refractivity contribution in [1.29, 1.82) is 0 Å². The van der Waals surface area contributed by atoms with Crippen molar-refractivity contribution in [2.75, 3.05) is 47.9 Å². The summed E-state index contributed by atoms with van der Waals surface area (Å²) in [5, 5.41) is 51.0. The average Bonchev–Trinajstić information content (AvgIpc) is 0.790. The van der Waals surface area contributed by atoms with Crippen LogP contribution in [0.2, 0.25) is 0 Å². The number of benzene rings is 6. The zero-order valence-electron chi connectivity index (χ0n) is 86.4. The molecular weight excluding hydrogens is 1790 g/mol. The fourth-order valence-electron chi connectivity index (χ4n) is 17.8. The van der Waals surface area contributed by atoms with Crippen LogP contribution in [-0.2, 0) is 97.9 Å². The Morgan fingerprint density at radius 2 is 0.759 bits per heavy atom. The van der Waals surface area contributed by atoms with Crippen molar-refractivity contribution in [2.24, 2.45) is 17.6 Å². The third kappa shape index (κ3) is 40.6. The van der Waals surface area contributed by atoms with E-state index in [1.807, 2.05) is 161 Å². The lowest BCUT2D eigenvalue weighted by molar-refractivity contribution is -0.145. The Morgan fingerprint density at radius 3 is 1.11 bits per heavy atom. The summed E-state index contributed by atoms with van der Waals surface area (Å²) in [6.45, 7) is 18.6. The molecule has 2 heterocycles. The predicted octanol–water partition coefficient (Wildman–Crippen LogP) is 17.6. The van der Waals surface area contributed by atoms with E-state index in [4.69, 9.17) is 20.3 Å². The van der Waals surface area contributed by atoms with Gasteiger partial charge in [-0.1, -0.05) is 303 Å². The first-order chi connectivity index (χ1) is 67.4. The van der Waals surface area contributed by atoms with Gasteiger partial charge in [-0.2, -0.15) is 0 Å². The highest BCUT2D eigenvalue weighted by Crippen LogP contribution is 2.37. The van der Waals surface area contributed by atoms with Crippen molar-refractivity contribution in [3.05, 3.63) is 189 Å². The number of ether oxygens (including phenoxy) is 2. The molecule has 10 N–H and O–H groups in total. The minimum absolute atomic E-state index is 0.00604. The molecule has 0 spiro atoms. The largest absolute Gasteiger partial charge is 0.480 e. The van der Waals surface area contributed by atoms with Gasteiger partial charge in [0.25, 0.3) is 0 Å². The van der Waals surface area contributed by atoms with Crippen molar-refractivity contribution in [3.63, 3.8) is 0 Å². The van der Waals surface area contributed by atoms with E-state index in [9.17, 15) is 77.6 Å². The monoisotopic (exact) mass is 1950 g/mol. The summed E-state index contributed by atoms with van der Waals surface area (Å²) in [4.78, 5) is 174. The number of aliphatic hydroxyl groups excluding tert-OH is 1. The zero-order valence-corrected chi connectivity index (χ0v) is 86.4. The minimum atomic E-state index is -1.29. The Bertz CT molecular complexity index is 4970. The van der Waals surface area contributed by atoms with E-state index in [-0.39, 0.29) is 94.1 Å². The van der Waals surface area contributed by atoms with E-state index in [2.05, 4.69) is 35.1 Å². The van der Waals surface area contributed by atoms with Crippen LogP contribution < -0.4 is 27.0 Å². The number of carboxylic acids is 3. The maximum Gasteiger partial charge on any atom is 0.326 e. The second-order valence-corrected chi connectivity index (χ2v) is 38.8. The molecule has 0 saturated heterocycles. The van der Waals surface area contributed by atoms with Crippen molar-refractivity contribution >= 4 is 76.6 Å². The topological polar surface area (TPSA) is 408 Å². The van der Waals surface area contributed by atoms with Crippen LogP contribution in [0.3, 0.4) is 0 Å². The number of rotatable bonds is 53. The number of nitrogens with two attached hydrogens (primary N) is 1. The molecular formula is C113H163N9O19. The van der Waals surface area contributed by atoms with E-state index in [0.29, 0.717) is 30.6 Å². The molecule has 8 bridgehead atoms. The van der Waals surface area contributed by atoms with Crippen molar-refractivity contribution in [1.82, 2.24) is 40.9 Å². The molecule has 7 amide bonds. The van der Waals surface area contributed by atoms with Crippen LogP contribution in [0.25, 0.3) is 22.3 Å². The van der Waals surface area contributed by atoms with Crippen LogP contribution in [0.4, 0.5) is 0 Å². The number of amides is 7. The smallest absolute Gasteiger partial charge is 0.326 e. The van der Waals surface area contributed by atoms with Gasteiger partial charge in [0, 0.05) is 77.9 Å². The van der Waals surface area contributed by atoms with Gasteiger partial charge in [0.05, 0.1) is 45.1 Å². The Kier molecular flexibility index (Phi) is 53.5. The van der Waals surface area contributed by atoms with Gasteiger partial charge in [0.15, 0.2) is 17.3 Å². The zero-order chi connectivity index (χ0) is 104. The van der Waals surface area contributed by atoms with Crippen LogP contribution in [-0.4, -0.2) is 207 Å². The van der Waals surface area contributed by atoms with Gasteiger partial charge >= 0.3 is 17.9 Å². The lowest BCUT2D eigenvalue weighted by Crippen LogP contribution is -2.53. The minimum Gasteiger partial charge on any atom is -0.480 e. The number of Topliss-reactive ketones (excluding diaryl/α,β-unsaturated/α-hetero) is 3. The lowest BCUT2D eigenvalue weighted by atomic mass is 9.87. The van der Waals surface area contributed by atoms with Gasteiger partial charge < -0.3 is 71.6 Å². The Labute approximate surface area is 837 Å². The molecule has 2 aliphatic rings. The molecule has 11 atom stereocenters. The van der Waals surface area contributed by atoms with Crippen LogP contribution in [0.1, 0.15) is 315 Å². The summed E-state index contributed by atoms with van der Waals surface area (Å²) in [6, 6.07) is 33.5. The molecule has 0 fully saturated rings. The Balaban J connectivity index is 0.000000359. The van der Waals surface area contributed by atoms with Gasteiger partial charge in [-0.25, -0.2) is 9.59 Å². The number of fused-ring (bicyclic) bond motifs is 10. The van der Waals surface area contributed by atoms with E-state index in [0.717, 1.165) is 112 Å². The maximum atomic E-state index is 14.3. The van der Waals surface area contributed by atoms with E-state index in [1.165, 1.54) is 156 Å². The SMILES string of the molecule is CCCCCCCCCCCCCCCC(=O)N(C)[C@H](COCc1ccccc1)C(=O)N[C@H](C)C(=O)CCC(O)N(C)[C@@H]1C(=O)C[C@@H](C)C(=O)N[C@H](C(=O)O)Cc2ccc(C)c(c2)-c2cc1ccc2C.CCCCCCCCCCCCCCCC(=O)N(C)[C@H](COCc1ccccc1)C(=O)N[C@H](C)C(=O)O.Cc1ccc2cc1-c1cc(ccc1C)[C@H](N(C)C(=O)CN)C(=O)CC(C)C(=O)N[C@H](C(=O)O)C2. The molecule has 2 aliphatic heterocycles. The molecule has 774 valence electrons. The van der Waals surface area contributed by atoms with Gasteiger partial charge in [-0.3, -0.25) is 57.6 Å². The van der Waals surface area contributed by atoms with Crippen LogP contribution in [0.5, 0.6) is 0 Å². The Hall–Kier alpha value is -11.2. The van der Waals surface area contributed by atoms with E-state index >= 15 is 0 Å². The molecule has 28 nitrogen and oxygen atoms in total. The first kappa shape index (κ1) is 119. The van der Waals surface area contributed by atoms with Crippen LogP contribution >= 0.6 is 0 Å². The maximum absolute atomic E-state index is 14.3.